The Bertz CT molecular complexity index is 1720. The monoisotopic (exact) mass is 500 g/mol. The molecular formula is C32H24N2O4. The highest BCUT2D eigenvalue weighted by molar-refractivity contribution is 5.80. The van der Waals surface area contributed by atoms with Crippen molar-refractivity contribution < 1.29 is 8.83 Å². The molecule has 186 valence electrons. The van der Waals surface area contributed by atoms with Crippen LogP contribution in [0.1, 0.15) is 24.0 Å². The summed E-state index contributed by atoms with van der Waals surface area (Å²) in [6.07, 6.45) is 3.52. The third kappa shape index (κ3) is 4.89. The largest absolute Gasteiger partial charge is 0.403 e. The van der Waals surface area contributed by atoms with Crippen LogP contribution in [-0.2, 0) is 12.8 Å². The van der Waals surface area contributed by atoms with E-state index in [0.29, 0.717) is 33.6 Å². The van der Waals surface area contributed by atoms with E-state index in [0.717, 1.165) is 47.9 Å². The van der Waals surface area contributed by atoms with Crippen LogP contribution in [0, 0.1) is 0 Å². The van der Waals surface area contributed by atoms with Gasteiger partial charge in [0.25, 0.3) is 0 Å². The molecule has 0 N–H and O–H groups in total. The van der Waals surface area contributed by atoms with E-state index in [4.69, 9.17) is 8.83 Å². The first-order valence-electron chi connectivity index (χ1n) is 12.6. The highest BCUT2D eigenvalue weighted by atomic mass is 16.4. The van der Waals surface area contributed by atoms with E-state index in [1.54, 1.807) is 0 Å². The Morgan fingerprint density at radius 2 is 0.947 bits per heavy atom. The molecule has 2 heterocycles. The van der Waals surface area contributed by atoms with E-state index in [2.05, 4.69) is 9.97 Å². The topological polar surface area (TPSA) is 86.2 Å². The minimum atomic E-state index is -0.380. The van der Waals surface area contributed by atoms with Gasteiger partial charge in [-0.25, -0.2) is 19.6 Å². The maximum atomic E-state index is 12.6. The van der Waals surface area contributed by atoms with Crippen LogP contribution in [0.2, 0.25) is 0 Å². The van der Waals surface area contributed by atoms with Crippen molar-refractivity contribution in [3.63, 3.8) is 0 Å². The van der Waals surface area contributed by atoms with E-state index < -0.39 is 0 Å². The number of hydrogen-bond donors (Lipinski definition) is 0. The van der Waals surface area contributed by atoms with Crippen molar-refractivity contribution in [2.75, 3.05) is 0 Å². The fourth-order valence-corrected chi connectivity index (χ4v) is 4.62. The predicted octanol–water partition coefficient (Wildman–Crippen LogP) is 6.59. The Kier molecular flexibility index (Phi) is 6.36. The molecule has 0 fully saturated rings. The lowest BCUT2D eigenvalue weighted by molar-refractivity contribution is 0.518. The summed E-state index contributed by atoms with van der Waals surface area (Å²) in [4.78, 5) is 34.3. The number of fused-ring (bicyclic) bond motifs is 2. The number of nitrogens with zero attached hydrogens (tertiary/aromatic N) is 2. The maximum absolute atomic E-state index is 12.6. The normalized spacial score (nSPS) is 11.3. The van der Waals surface area contributed by atoms with Gasteiger partial charge < -0.3 is 8.83 Å². The Labute approximate surface area is 218 Å². The van der Waals surface area contributed by atoms with E-state index in [9.17, 15) is 9.59 Å². The van der Waals surface area contributed by atoms with Crippen LogP contribution in [0.5, 0.6) is 0 Å². The van der Waals surface area contributed by atoms with Crippen molar-refractivity contribution >= 4 is 21.8 Å². The molecule has 4 aromatic carbocycles. The van der Waals surface area contributed by atoms with Gasteiger partial charge in [-0.15, -0.1) is 0 Å². The molecule has 6 aromatic rings. The van der Waals surface area contributed by atoms with Gasteiger partial charge in [0.15, 0.2) is 0 Å². The molecule has 0 bridgehead atoms. The molecule has 0 unspecified atom stereocenters. The Morgan fingerprint density at radius 1 is 0.526 bits per heavy atom. The zero-order chi connectivity index (χ0) is 25.9. The van der Waals surface area contributed by atoms with Gasteiger partial charge in [-0.1, -0.05) is 48.5 Å². The molecule has 0 aliphatic rings. The minimum absolute atomic E-state index is 0.326. The van der Waals surface area contributed by atoms with E-state index >= 15 is 0 Å². The first-order valence-corrected chi connectivity index (χ1v) is 12.6. The molecule has 2 aromatic heterocycles. The average Bonchev–Trinajstić information content (AvgIpc) is 2.96. The number of unbranched alkanes of at least 4 members (excludes halogenated alkanes) is 1. The van der Waals surface area contributed by atoms with Crippen molar-refractivity contribution in [1.82, 2.24) is 9.97 Å². The Morgan fingerprint density at radius 3 is 1.37 bits per heavy atom. The van der Waals surface area contributed by atoms with Gasteiger partial charge in [0.1, 0.15) is 0 Å². The lowest BCUT2D eigenvalue weighted by Crippen LogP contribution is -2.04. The molecule has 6 nitrogen and oxygen atoms in total. The lowest BCUT2D eigenvalue weighted by Gasteiger charge is -2.06. The van der Waals surface area contributed by atoms with Gasteiger partial charge in [-0.3, -0.25) is 0 Å². The van der Waals surface area contributed by atoms with Gasteiger partial charge in [-0.2, -0.15) is 0 Å². The summed E-state index contributed by atoms with van der Waals surface area (Å²) in [7, 11) is 0. The SMILES string of the molecule is O=c1oc(-c2ccccc2)nc2ccc(CCCCc3ccc4nc(-c5ccccc5)oc(=O)c4c3)cc12. The van der Waals surface area contributed by atoms with Crippen molar-refractivity contribution in [2.45, 2.75) is 25.7 Å². The van der Waals surface area contributed by atoms with Crippen LogP contribution in [0.3, 0.4) is 0 Å². The quantitative estimate of drug-likeness (QED) is 0.230. The fraction of sp³-hybridized carbons (Fsp3) is 0.125. The van der Waals surface area contributed by atoms with Crippen LogP contribution >= 0.6 is 0 Å². The Balaban J connectivity index is 1.12. The number of rotatable bonds is 7. The molecule has 0 amide bonds. The summed E-state index contributed by atoms with van der Waals surface area (Å²) in [5.41, 5.74) is 4.17. The fourth-order valence-electron chi connectivity index (χ4n) is 4.62. The second-order valence-corrected chi connectivity index (χ2v) is 9.26. The van der Waals surface area contributed by atoms with Crippen molar-refractivity contribution in [1.29, 1.82) is 0 Å². The highest BCUT2D eigenvalue weighted by Crippen LogP contribution is 2.21. The standard InChI is InChI=1S/C32H24N2O4/c35-31-25-19-21(15-17-27(25)33-29(37-31)23-11-3-1-4-12-23)9-7-8-10-22-16-18-28-26(20-22)32(36)38-30(34-28)24-13-5-2-6-14-24/h1-6,11-20H,7-10H2. The van der Waals surface area contributed by atoms with E-state index in [1.807, 2.05) is 97.1 Å². The van der Waals surface area contributed by atoms with Crippen molar-refractivity contribution in [2.24, 2.45) is 0 Å². The summed E-state index contributed by atoms with van der Waals surface area (Å²) in [6.45, 7) is 0. The minimum Gasteiger partial charge on any atom is -0.403 e. The number of hydrogen-bond acceptors (Lipinski definition) is 6. The molecule has 0 radical (unpaired) electrons. The number of benzene rings is 4. The Hall–Kier alpha value is -4.84. The van der Waals surface area contributed by atoms with Crippen LogP contribution in [-0.4, -0.2) is 9.97 Å². The summed E-state index contributed by atoms with van der Waals surface area (Å²) >= 11 is 0. The van der Waals surface area contributed by atoms with Gasteiger partial charge in [0.05, 0.1) is 21.8 Å². The highest BCUT2D eigenvalue weighted by Gasteiger charge is 2.11. The van der Waals surface area contributed by atoms with E-state index in [1.165, 1.54) is 0 Å². The van der Waals surface area contributed by atoms with Gasteiger partial charge in [-0.05, 0) is 85.3 Å². The first-order chi connectivity index (χ1) is 18.6. The third-order valence-electron chi connectivity index (χ3n) is 6.61. The lowest BCUT2D eigenvalue weighted by atomic mass is 10.0. The van der Waals surface area contributed by atoms with Crippen molar-refractivity contribution in [3.05, 3.63) is 129 Å². The average molecular weight is 501 g/mol. The van der Waals surface area contributed by atoms with Crippen LogP contribution in [0.4, 0.5) is 0 Å². The molecule has 6 heteroatoms. The van der Waals surface area contributed by atoms with Crippen LogP contribution in [0.25, 0.3) is 44.7 Å². The third-order valence-corrected chi connectivity index (χ3v) is 6.61. The van der Waals surface area contributed by atoms with Crippen molar-refractivity contribution in [3.8, 4) is 22.9 Å². The van der Waals surface area contributed by atoms with Gasteiger partial charge in [0, 0.05) is 11.1 Å². The van der Waals surface area contributed by atoms with Crippen LogP contribution < -0.4 is 11.3 Å². The van der Waals surface area contributed by atoms with Crippen LogP contribution in [0.15, 0.2) is 115 Å². The molecule has 0 saturated carbocycles. The van der Waals surface area contributed by atoms with Gasteiger partial charge in [0.2, 0.25) is 11.8 Å². The summed E-state index contributed by atoms with van der Waals surface area (Å²) in [5.74, 6) is 0.651. The smallest absolute Gasteiger partial charge is 0.347 e. The predicted molar refractivity (Wildman–Crippen MR) is 148 cm³/mol. The zero-order valence-electron chi connectivity index (χ0n) is 20.6. The molecule has 0 atom stereocenters. The summed E-state index contributed by atoms with van der Waals surface area (Å²) < 4.78 is 11.0. The van der Waals surface area contributed by atoms with E-state index in [-0.39, 0.29) is 11.3 Å². The molecule has 38 heavy (non-hydrogen) atoms. The van der Waals surface area contributed by atoms with Gasteiger partial charge >= 0.3 is 11.3 Å². The second kappa shape index (κ2) is 10.3. The molecular weight excluding hydrogens is 476 g/mol. The first kappa shape index (κ1) is 23.6. The molecule has 0 aliphatic carbocycles. The molecule has 0 saturated heterocycles. The molecule has 0 spiro atoms. The summed E-state index contributed by atoms with van der Waals surface area (Å²) in [6, 6.07) is 30.4. The number of aryl methyl sites for hydroxylation is 2. The maximum Gasteiger partial charge on any atom is 0.347 e. The second-order valence-electron chi connectivity index (χ2n) is 9.26. The number of aromatic nitrogens is 2. The summed E-state index contributed by atoms with van der Waals surface area (Å²) in [5, 5.41) is 0.983. The zero-order valence-corrected chi connectivity index (χ0v) is 20.6. The molecule has 0 aliphatic heterocycles. The molecule has 6 rings (SSSR count).